The van der Waals surface area contributed by atoms with E-state index in [2.05, 4.69) is 28.1 Å². The van der Waals surface area contributed by atoms with Crippen molar-refractivity contribution >= 4 is 11.0 Å². The first kappa shape index (κ1) is 8.23. The molecule has 74 valence electrons. The first-order valence-corrected chi connectivity index (χ1v) is 4.70. The third-order valence-electron chi connectivity index (χ3n) is 2.32. The number of benzene rings is 1. The van der Waals surface area contributed by atoms with Crippen molar-refractivity contribution in [3.05, 3.63) is 36.1 Å². The van der Waals surface area contributed by atoms with Gasteiger partial charge in [0, 0.05) is 6.07 Å². The highest BCUT2D eigenvalue weighted by atomic mass is 16.5. The molecule has 0 aliphatic rings. The van der Waals surface area contributed by atoms with Crippen LogP contribution < -0.4 is 0 Å². The number of fused-ring (bicyclic) bond motifs is 1. The van der Waals surface area contributed by atoms with Crippen LogP contribution in [0.2, 0.25) is 0 Å². The lowest BCUT2D eigenvalue weighted by Gasteiger charge is -1.89. The second-order valence-electron chi connectivity index (χ2n) is 3.49. The lowest BCUT2D eigenvalue weighted by molar-refractivity contribution is 0.422. The summed E-state index contributed by atoms with van der Waals surface area (Å²) in [7, 11) is 0. The molecule has 3 aromatic rings. The topological polar surface area (TPSA) is 54.7 Å². The van der Waals surface area contributed by atoms with Crippen LogP contribution in [-0.2, 0) is 0 Å². The molecule has 0 aliphatic carbocycles. The number of nitrogens with zero attached hydrogens (tertiary/aromatic N) is 2. The van der Waals surface area contributed by atoms with Crippen LogP contribution in [0.5, 0.6) is 0 Å². The Bertz CT molecular complexity index is 595. The third kappa shape index (κ3) is 1.30. The molecule has 0 saturated carbocycles. The fourth-order valence-corrected chi connectivity index (χ4v) is 1.58. The van der Waals surface area contributed by atoms with Gasteiger partial charge in [-0.25, -0.2) is 4.98 Å². The third-order valence-corrected chi connectivity index (χ3v) is 2.32. The Morgan fingerprint density at radius 3 is 3.00 bits per heavy atom. The van der Waals surface area contributed by atoms with E-state index in [0.29, 0.717) is 0 Å². The first-order chi connectivity index (χ1) is 7.33. The molecule has 15 heavy (non-hydrogen) atoms. The molecule has 0 saturated heterocycles. The normalized spacial score (nSPS) is 11.0. The van der Waals surface area contributed by atoms with Gasteiger partial charge < -0.3 is 9.51 Å². The van der Waals surface area contributed by atoms with Gasteiger partial charge >= 0.3 is 0 Å². The SMILES string of the molecule is Cc1ccc2nc(-c3ccon3)[nH]c2c1. The molecule has 0 bridgehead atoms. The second kappa shape index (κ2) is 2.95. The summed E-state index contributed by atoms with van der Waals surface area (Å²) < 4.78 is 4.78. The highest BCUT2D eigenvalue weighted by Gasteiger charge is 2.07. The maximum Gasteiger partial charge on any atom is 0.160 e. The van der Waals surface area contributed by atoms with Gasteiger partial charge in [-0.1, -0.05) is 11.2 Å². The highest BCUT2D eigenvalue weighted by Crippen LogP contribution is 2.19. The van der Waals surface area contributed by atoms with Crippen molar-refractivity contribution in [2.45, 2.75) is 6.92 Å². The fraction of sp³-hybridized carbons (Fsp3) is 0.0909. The van der Waals surface area contributed by atoms with Crippen molar-refractivity contribution in [1.29, 1.82) is 0 Å². The van der Waals surface area contributed by atoms with E-state index in [1.54, 1.807) is 6.07 Å². The van der Waals surface area contributed by atoms with Gasteiger partial charge in [-0.05, 0) is 24.6 Å². The zero-order chi connectivity index (χ0) is 10.3. The number of rotatable bonds is 1. The fourth-order valence-electron chi connectivity index (χ4n) is 1.58. The van der Waals surface area contributed by atoms with Gasteiger partial charge in [-0.2, -0.15) is 0 Å². The molecule has 0 atom stereocenters. The summed E-state index contributed by atoms with van der Waals surface area (Å²) in [5, 5.41) is 3.84. The van der Waals surface area contributed by atoms with Crippen LogP contribution in [0.25, 0.3) is 22.6 Å². The quantitative estimate of drug-likeness (QED) is 0.655. The predicted octanol–water partition coefficient (Wildman–Crippen LogP) is 2.53. The Balaban J connectivity index is 2.22. The molecule has 1 aromatic carbocycles. The highest BCUT2D eigenvalue weighted by molar-refractivity contribution is 5.79. The Morgan fingerprint density at radius 2 is 2.20 bits per heavy atom. The minimum Gasteiger partial charge on any atom is -0.364 e. The van der Waals surface area contributed by atoms with Crippen molar-refractivity contribution < 1.29 is 4.52 Å². The molecule has 0 radical (unpaired) electrons. The predicted molar refractivity (Wildman–Crippen MR) is 56.3 cm³/mol. The van der Waals surface area contributed by atoms with E-state index in [1.165, 1.54) is 11.8 Å². The maximum absolute atomic E-state index is 4.78. The summed E-state index contributed by atoms with van der Waals surface area (Å²) in [6.45, 7) is 2.05. The van der Waals surface area contributed by atoms with Gasteiger partial charge in [0.2, 0.25) is 0 Å². The van der Waals surface area contributed by atoms with Gasteiger partial charge in [0.15, 0.2) is 5.82 Å². The molecule has 0 unspecified atom stereocenters. The van der Waals surface area contributed by atoms with Crippen LogP contribution in [0, 0.1) is 6.92 Å². The maximum atomic E-state index is 4.78. The largest absolute Gasteiger partial charge is 0.364 e. The molecule has 2 aromatic heterocycles. The lowest BCUT2D eigenvalue weighted by Crippen LogP contribution is -1.77. The van der Waals surface area contributed by atoms with E-state index in [9.17, 15) is 0 Å². The summed E-state index contributed by atoms with van der Waals surface area (Å²) >= 11 is 0. The Hall–Kier alpha value is -2.10. The van der Waals surface area contributed by atoms with Gasteiger partial charge in [0.25, 0.3) is 0 Å². The van der Waals surface area contributed by atoms with Gasteiger partial charge in [-0.15, -0.1) is 0 Å². The second-order valence-corrected chi connectivity index (χ2v) is 3.49. The molecule has 0 amide bonds. The van der Waals surface area contributed by atoms with Crippen LogP contribution in [0.15, 0.2) is 35.1 Å². The number of imidazole rings is 1. The van der Waals surface area contributed by atoms with E-state index < -0.39 is 0 Å². The minimum atomic E-state index is 0.726. The van der Waals surface area contributed by atoms with E-state index >= 15 is 0 Å². The van der Waals surface area contributed by atoms with Crippen molar-refractivity contribution in [3.8, 4) is 11.5 Å². The first-order valence-electron chi connectivity index (χ1n) is 4.70. The summed E-state index contributed by atoms with van der Waals surface area (Å²) in [4.78, 5) is 7.62. The van der Waals surface area contributed by atoms with Gasteiger partial charge in [-0.3, -0.25) is 0 Å². The van der Waals surface area contributed by atoms with Crippen LogP contribution in [0.4, 0.5) is 0 Å². The molecule has 0 spiro atoms. The van der Waals surface area contributed by atoms with Crippen molar-refractivity contribution in [2.75, 3.05) is 0 Å². The number of aryl methyl sites for hydroxylation is 1. The van der Waals surface area contributed by atoms with E-state index in [0.717, 1.165) is 22.6 Å². The zero-order valence-electron chi connectivity index (χ0n) is 8.19. The zero-order valence-corrected chi connectivity index (χ0v) is 8.19. The number of aromatic nitrogens is 3. The molecule has 3 rings (SSSR count). The molecule has 1 N–H and O–H groups in total. The number of hydrogen-bond acceptors (Lipinski definition) is 3. The van der Waals surface area contributed by atoms with Crippen LogP contribution in [0.1, 0.15) is 5.56 Å². The molecular formula is C11H9N3O. The molecule has 4 heteroatoms. The monoisotopic (exact) mass is 199 g/mol. The van der Waals surface area contributed by atoms with Crippen molar-refractivity contribution in [1.82, 2.24) is 15.1 Å². The Labute approximate surface area is 85.9 Å². The number of nitrogens with one attached hydrogen (secondary N) is 1. The van der Waals surface area contributed by atoms with Crippen molar-refractivity contribution in [3.63, 3.8) is 0 Å². The number of hydrogen-bond donors (Lipinski definition) is 1. The van der Waals surface area contributed by atoms with E-state index in [1.807, 2.05) is 12.1 Å². The molecular weight excluding hydrogens is 190 g/mol. The summed E-state index contributed by atoms with van der Waals surface area (Å²) in [5.41, 5.74) is 3.90. The van der Waals surface area contributed by atoms with Crippen LogP contribution >= 0.6 is 0 Å². The number of aromatic amines is 1. The average molecular weight is 199 g/mol. The Morgan fingerprint density at radius 1 is 1.27 bits per heavy atom. The number of H-pyrrole nitrogens is 1. The Kier molecular flexibility index (Phi) is 1.62. The minimum absolute atomic E-state index is 0.726. The van der Waals surface area contributed by atoms with E-state index in [4.69, 9.17) is 4.52 Å². The van der Waals surface area contributed by atoms with Crippen LogP contribution in [-0.4, -0.2) is 15.1 Å². The van der Waals surface area contributed by atoms with E-state index in [-0.39, 0.29) is 0 Å². The average Bonchev–Trinajstić information content (AvgIpc) is 2.84. The molecule has 0 aliphatic heterocycles. The summed E-state index contributed by atoms with van der Waals surface area (Å²) in [5.74, 6) is 0.740. The smallest absolute Gasteiger partial charge is 0.160 e. The molecule has 0 fully saturated rings. The summed E-state index contributed by atoms with van der Waals surface area (Å²) in [6, 6.07) is 7.87. The standard InChI is InChI=1S/C11H9N3O/c1-7-2-3-8-10(6-7)13-11(12-8)9-4-5-15-14-9/h2-6H,1H3,(H,12,13). The lowest BCUT2D eigenvalue weighted by atomic mass is 10.2. The van der Waals surface area contributed by atoms with Gasteiger partial charge in [0.1, 0.15) is 12.0 Å². The van der Waals surface area contributed by atoms with Crippen LogP contribution in [0.3, 0.4) is 0 Å². The molecule has 2 heterocycles. The van der Waals surface area contributed by atoms with Gasteiger partial charge in [0.05, 0.1) is 11.0 Å². The summed E-state index contributed by atoms with van der Waals surface area (Å²) in [6.07, 6.45) is 1.54. The molecule has 4 nitrogen and oxygen atoms in total. The van der Waals surface area contributed by atoms with Crippen molar-refractivity contribution in [2.24, 2.45) is 0 Å².